The SMILES string of the molecule is NS(=O)(=O)c1cccc(OCC(O)CN[C@H]2COC3(CCN(S(=O)(=O)c4c[nH]c5c(F)cccc5c4=O)CC3)C2)c1. The van der Waals surface area contributed by atoms with Gasteiger partial charge in [0, 0.05) is 43.3 Å². The number of fused-ring (bicyclic) bond motifs is 1. The Bertz CT molecular complexity index is 1710. The molecule has 3 heterocycles. The van der Waals surface area contributed by atoms with Gasteiger partial charge in [-0.25, -0.2) is 26.4 Å². The van der Waals surface area contributed by atoms with Gasteiger partial charge < -0.3 is 24.9 Å². The van der Waals surface area contributed by atoms with Crippen LogP contribution in [-0.2, 0) is 24.8 Å². The predicted molar refractivity (Wildman–Crippen MR) is 147 cm³/mol. The smallest absolute Gasteiger partial charge is 0.248 e. The van der Waals surface area contributed by atoms with Gasteiger partial charge in [-0.05, 0) is 43.5 Å². The van der Waals surface area contributed by atoms with Crippen molar-refractivity contribution in [3.63, 3.8) is 0 Å². The second-order valence-electron chi connectivity index (χ2n) is 10.3. The standard InChI is InChI=1S/C26H31FN4O8S2/c27-22-6-2-5-21-24(22)30-14-23(25(21)33)41(36,37)31-9-7-26(8-10-31)12-17(15-39-26)29-13-18(32)16-38-19-3-1-4-20(11-19)40(28,34)35/h1-6,11,14,17-18,29,32H,7-10,12-13,15-16H2,(H,30,33)(H2,28,34,35)/t17-,18?/m1/s1. The Balaban J connectivity index is 1.13. The van der Waals surface area contributed by atoms with Gasteiger partial charge in [-0.3, -0.25) is 4.79 Å². The Morgan fingerprint density at radius 3 is 2.66 bits per heavy atom. The van der Waals surface area contributed by atoms with E-state index in [0.717, 1.165) is 6.20 Å². The maximum absolute atomic E-state index is 14.0. The van der Waals surface area contributed by atoms with Crippen LogP contribution >= 0.6 is 0 Å². The van der Waals surface area contributed by atoms with Crippen LogP contribution in [-0.4, -0.2) is 81.8 Å². The molecule has 2 saturated heterocycles. The summed E-state index contributed by atoms with van der Waals surface area (Å²) >= 11 is 0. The molecule has 1 spiro atoms. The number of halogens is 1. The number of para-hydroxylation sites is 1. The van der Waals surface area contributed by atoms with Gasteiger partial charge in [-0.15, -0.1) is 0 Å². The van der Waals surface area contributed by atoms with Gasteiger partial charge in [0.05, 0.1) is 22.6 Å². The topological polar surface area (TPSA) is 181 Å². The molecule has 2 fully saturated rings. The lowest BCUT2D eigenvalue weighted by Gasteiger charge is -2.37. The number of aliphatic hydroxyl groups excluding tert-OH is 1. The largest absolute Gasteiger partial charge is 0.491 e. The molecule has 2 aliphatic heterocycles. The molecule has 12 nitrogen and oxygen atoms in total. The van der Waals surface area contributed by atoms with Crippen LogP contribution in [0.1, 0.15) is 19.3 Å². The molecule has 5 rings (SSSR count). The summed E-state index contributed by atoms with van der Waals surface area (Å²) in [5, 5.41) is 18.7. The fraction of sp³-hybridized carbons (Fsp3) is 0.423. The minimum Gasteiger partial charge on any atom is -0.491 e. The fourth-order valence-electron chi connectivity index (χ4n) is 5.28. The molecular weight excluding hydrogens is 579 g/mol. The number of aromatic nitrogens is 1. The molecule has 3 aromatic rings. The highest BCUT2D eigenvalue weighted by Crippen LogP contribution is 2.37. The van der Waals surface area contributed by atoms with Crippen LogP contribution < -0.4 is 20.6 Å². The number of ether oxygens (including phenoxy) is 2. The first-order chi connectivity index (χ1) is 19.4. The molecule has 0 aliphatic carbocycles. The number of nitrogens with two attached hydrogens (primary N) is 1. The molecule has 2 atom stereocenters. The Kier molecular flexibility index (Phi) is 8.22. The van der Waals surface area contributed by atoms with Gasteiger partial charge in [-0.1, -0.05) is 12.1 Å². The van der Waals surface area contributed by atoms with Gasteiger partial charge in [0.25, 0.3) is 0 Å². The Hall–Kier alpha value is -2.92. The first-order valence-corrected chi connectivity index (χ1v) is 16.0. The number of aromatic amines is 1. The zero-order valence-corrected chi connectivity index (χ0v) is 23.6. The zero-order chi connectivity index (χ0) is 29.4. The van der Waals surface area contributed by atoms with Crippen LogP contribution in [0.2, 0.25) is 0 Å². The third-order valence-electron chi connectivity index (χ3n) is 7.51. The van der Waals surface area contributed by atoms with E-state index in [2.05, 4.69) is 10.3 Å². The second-order valence-corrected chi connectivity index (χ2v) is 13.8. The summed E-state index contributed by atoms with van der Waals surface area (Å²) in [7, 11) is -7.98. The van der Waals surface area contributed by atoms with E-state index in [9.17, 15) is 31.1 Å². The third kappa shape index (κ3) is 6.30. The van der Waals surface area contributed by atoms with Gasteiger partial charge in [0.15, 0.2) is 0 Å². The van der Waals surface area contributed by atoms with E-state index in [1.54, 1.807) is 6.07 Å². The number of pyridine rings is 1. The molecule has 0 radical (unpaired) electrons. The molecule has 2 aromatic carbocycles. The predicted octanol–water partition coefficient (Wildman–Crippen LogP) is 0.656. The first kappa shape index (κ1) is 29.6. The van der Waals surface area contributed by atoms with Gasteiger partial charge >= 0.3 is 0 Å². The van der Waals surface area contributed by atoms with E-state index in [1.165, 1.54) is 40.7 Å². The summed E-state index contributed by atoms with van der Waals surface area (Å²) in [4.78, 5) is 15.0. The van der Waals surface area contributed by atoms with E-state index in [1.807, 2.05) is 0 Å². The van der Waals surface area contributed by atoms with Crippen LogP contribution in [0.3, 0.4) is 0 Å². The van der Waals surface area contributed by atoms with Gasteiger partial charge in [-0.2, -0.15) is 4.31 Å². The maximum atomic E-state index is 14.0. The van der Waals surface area contributed by atoms with Crippen molar-refractivity contribution < 1.29 is 35.8 Å². The zero-order valence-electron chi connectivity index (χ0n) is 22.0. The Morgan fingerprint density at radius 1 is 1.20 bits per heavy atom. The number of aliphatic hydroxyl groups is 1. The molecule has 1 aromatic heterocycles. The lowest BCUT2D eigenvalue weighted by atomic mass is 9.88. The number of nitrogens with one attached hydrogen (secondary N) is 2. The lowest BCUT2D eigenvalue weighted by molar-refractivity contribution is -0.0312. The van der Waals surface area contributed by atoms with Crippen molar-refractivity contribution in [2.45, 2.75) is 46.8 Å². The summed E-state index contributed by atoms with van der Waals surface area (Å²) in [6.07, 6.45) is 1.63. The summed E-state index contributed by atoms with van der Waals surface area (Å²) in [5.74, 6) is -0.377. The van der Waals surface area contributed by atoms with E-state index >= 15 is 0 Å². The first-order valence-electron chi connectivity index (χ1n) is 13.0. The normalized spacial score (nSPS) is 20.4. The van der Waals surface area contributed by atoms with Crippen LogP contribution in [0, 0.1) is 5.82 Å². The van der Waals surface area contributed by atoms with E-state index < -0.39 is 47.9 Å². The molecule has 222 valence electrons. The highest BCUT2D eigenvalue weighted by Gasteiger charge is 2.45. The monoisotopic (exact) mass is 610 g/mol. The quantitative estimate of drug-likeness (QED) is 0.271. The van der Waals surface area contributed by atoms with Crippen LogP contribution in [0.5, 0.6) is 5.75 Å². The van der Waals surface area contributed by atoms with Crippen molar-refractivity contribution in [3.05, 3.63) is 64.7 Å². The van der Waals surface area contributed by atoms with Crippen molar-refractivity contribution in [1.29, 1.82) is 0 Å². The number of hydrogen-bond donors (Lipinski definition) is 4. The summed E-state index contributed by atoms with van der Waals surface area (Å²) in [6.45, 7) is 0.818. The highest BCUT2D eigenvalue weighted by molar-refractivity contribution is 7.89. The highest BCUT2D eigenvalue weighted by atomic mass is 32.2. The number of nitrogens with zero attached hydrogens (tertiary/aromatic N) is 1. The molecule has 0 saturated carbocycles. The van der Waals surface area contributed by atoms with Gasteiger partial charge in [0.2, 0.25) is 25.5 Å². The van der Waals surface area contributed by atoms with E-state index in [4.69, 9.17) is 14.6 Å². The number of H-pyrrole nitrogens is 1. The minimum atomic E-state index is -4.11. The Morgan fingerprint density at radius 2 is 1.93 bits per heavy atom. The van der Waals surface area contributed by atoms with Crippen molar-refractivity contribution in [3.8, 4) is 5.75 Å². The number of benzene rings is 2. The van der Waals surface area contributed by atoms with Crippen molar-refractivity contribution in [2.75, 3.05) is 32.8 Å². The number of primary sulfonamides is 1. The van der Waals surface area contributed by atoms with Crippen LogP contribution in [0.25, 0.3) is 10.9 Å². The van der Waals surface area contributed by atoms with Crippen molar-refractivity contribution >= 4 is 30.9 Å². The minimum absolute atomic E-state index is 0.0304. The summed E-state index contributed by atoms with van der Waals surface area (Å²) in [6, 6.07) is 9.55. The molecule has 2 aliphatic rings. The fourth-order valence-corrected chi connectivity index (χ4v) is 7.32. The molecule has 15 heteroatoms. The number of rotatable bonds is 9. The van der Waals surface area contributed by atoms with E-state index in [-0.39, 0.29) is 53.8 Å². The Labute approximate surface area is 236 Å². The number of piperidine rings is 1. The lowest BCUT2D eigenvalue weighted by Crippen LogP contribution is -2.47. The van der Waals surface area contributed by atoms with Gasteiger partial charge in [0.1, 0.15) is 29.2 Å². The summed E-state index contributed by atoms with van der Waals surface area (Å²) in [5.41, 5.74) is -1.32. The average Bonchev–Trinajstić information content (AvgIpc) is 3.33. The molecule has 5 N–H and O–H groups in total. The summed E-state index contributed by atoms with van der Waals surface area (Å²) < 4.78 is 76.4. The molecule has 1 unspecified atom stereocenters. The maximum Gasteiger partial charge on any atom is 0.248 e. The second kappa shape index (κ2) is 11.4. The average molecular weight is 611 g/mol. The number of hydrogen-bond acceptors (Lipinski definition) is 9. The van der Waals surface area contributed by atoms with E-state index in [0.29, 0.717) is 25.9 Å². The molecular formula is C26H31FN4O8S2. The van der Waals surface area contributed by atoms with Crippen molar-refractivity contribution in [2.24, 2.45) is 5.14 Å². The molecule has 41 heavy (non-hydrogen) atoms. The van der Waals surface area contributed by atoms with Crippen molar-refractivity contribution in [1.82, 2.24) is 14.6 Å². The van der Waals surface area contributed by atoms with Crippen LogP contribution in [0.4, 0.5) is 4.39 Å². The molecule has 0 amide bonds. The third-order valence-corrected chi connectivity index (χ3v) is 10.3. The van der Waals surface area contributed by atoms with Crippen LogP contribution in [0.15, 0.2) is 63.2 Å². The number of sulfonamides is 2. The molecule has 0 bridgehead atoms.